The molecule has 0 radical (unpaired) electrons. The molecule has 2 N–H and O–H groups in total. The van der Waals surface area contributed by atoms with E-state index in [4.69, 9.17) is 27.9 Å². The average Bonchev–Trinajstić information content (AvgIpc) is 3.53. The Labute approximate surface area is 179 Å². The first-order valence-electron chi connectivity index (χ1n) is 9.74. The minimum Gasteiger partial charge on any atom is -0.381 e. The van der Waals surface area contributed by atoms with Gasteiger partial charge in [-0.25, -0.2) is 0 Å². The van der Waals surface area contributed by atoms with E-state index in [-0.39, 0.29) is 11.8 Å². The third kappa shape index (κ3) is 4.42. The quantitative estimate of drug-likeness (QED) is 0.726. The highest BCUT2D eigenvalue weighted by atomic mass is 35.5. The van der Waals surface area contributed by atoms with Crippen molar-refractivity contribution in [3.8, 4) is 0 Å². The third-order valence-corrected chi connectivity index (χ3v) is 6.09. The smallest absolute Gasteiger partial charge is 0.251 e. The van der Waals surface area contributed by atoms with Gasteiger partial charge in [-0.1, -0.05) is 29.3 Å². The molecule has 29 heavy (non-hydrogen) atoms. The standard InChI is InChI=1S/C22H22Cl2N2O3/c23-15-3-8-18(19(24)13-15)22(9-11-29-12-10-22)21(28)26-17-4-1-14(2-5-17)20(27)25-16-6-7-16/h1-5,8,13,16H,6-7,9-12H2,(H,25,27)(H,26,28). The zero-order chi connectivity index (χ0) is 20.4. The average molecular weight is 433 g/mol. The largest absolute Gasteiger partial charge is 0.381 e. The first-order valence-corrected chi connectivity index (χ1v) is 10.5. The van der Waals surface area contributed by atoms with Crippen molar-refractivity contribution >= 4 is 40.7 Å². The predicted molar refractivity (Wildman–Crippen MR) is 114 cm³/mol. The van der Waals surface area contributed by atoms with Gasteiger partial charge in [-0.15, -0.1) is 0 Å². The minimum absolute atomic E-state index is 0.0841. The van der Waals surface area contributed by atoms with E-state index in [0.717, 1.165) is 18.4 Å². The molecule has 0 aromatic heterocycles. The van der Waals surface area contributed by atoms with Crippen molar-refractivity contribution in [3.05, 3.63) is 63.6 Å². The van der Waals surface area contributed by atoms with Crippen LogP contribution in [0, 0.1) is 0 Å². The van der Waals surface area contributed by atoms with Crippen molar-refractivity contribution in [3.63, 3.8) is 0 Å². The van der Waals surface area contributed by atoms with Crippen LogP contribution in [0.4, 0.5) is 5.69 Å². The molecule has 4 rings (SSSR count). The maximum atomic E-state index is 13.4. The molecule has 1 saturated heterocycles. The molecule has 1 aliphatic heterocycles. The maximum Gasteiger partial charge on any atom is 0.251 e. The lowest BCUT2D eigenvalue weighted by molar-refractivity contribution is -0.125. The summed E-state index contributed by atoms with van der Waals surface area (Å²) >= 11 is 12.5. The highest BCUT2D eigenvalue weighted by molar-refractivity contribution is 6.35. The van der Waals surface area contributed by atoms with Crippen molar-refractivity contribution in [2.75, 3.05) is 18.5 Å². The van der Waals surface area contributed by atoms with Gasteiger partial charge in [0, 0.05) is 40.6 Å². The van der Waals surface area contributed by atoms with Gasteiger partial charge in [-0.05, 0) is 67.6 Å². The molecule has 2 amide bonds. The van der Waals surface area contributed by atoms with Crippen LogP contribution in [0.3, 0.4) is 0 Å². The number of carbonyl (C=O) groups excluding carboxylic acids is 2. The molecule has 1 saturated carbocycles. The second-order valence-electron chi connectivity index (χ2n) is 7.60. The van der Waals surface area contributed by atoms with E-state index in [1.54, 1.807) is 36.4 Å². The molecule has 1 heterocycles. The Bertz CT molecular complexity index is 920. The van der Waals surface area contributed by atoms with Gasteiger partial charge in [0.2, 0.25) is 5.91 Å². The number of hydrogen-bond donors (Lipinski definition) is 2. The summed E-state index contributed by atoms with van der Waals surface area (Å²) in [5.74, 6) is -0.223. The van der Waals surface area contributed by atoms with E-state index in [0.29, 0.717) is 53.4 Å². The molecular formula is C22H22Cl2N2O3. The fourth-order valence-corrected chi connectivity index (χ4v) is 4.26. The molecule has 0 bridgehead atoms. The Morgan fingerprint density at radius 1 is 1.00 bits per heavy atom. The molecular weight excluding hydrogens is 411 g/mol. The Kier molecular flexibility index (Phi) is 5.81. The molecule has 2 aromatic carbocycles. The summed E-state index contributed by atoms with van der Waals surface area (Å²) in [6.07, 6.45) is 3.14. The summed E-state index contributed by atoms with van der Waals surface area (Å²) in [5, 5.41) is 6.95. The van der Waals surface area contributed by atoms with Crippen LogP contribution in [-0.4, -0.2) is 31.1 Å². The zero-order valence-corrected chi connectivity index (χ0v) is 17.4. The maximum absolute atomic E-state index is 13.4. The summed E-state index contributed by atoms with van der Waals surface area (Å²) in [6.45, 7) is 0.958. The number of amides is 2. The van der Waals surface area contributed by atoms with Gasteiger partial charge < -0.3 is 15.4 Å². The van der Waals surface area contributed by atoms with Crippen molar-refractivity contribution in [1.82, 2.24) is 5.32 Å². The van der Waals surface area contributed by atoms with Crippen molar-refractivity contribution in [1.29, 1.82) is 0 Å². The molecule has 2 aromatic rings. The lowest BCUT2D eigenvalue weighted by atomic mass is 9.73. The van der Waals surface area contributed by atoms with Crippen LogP contribution in [0.15, 0.2) is 42.5 Å². The molecule has 152 valence electrons. The van der Waals surface area contributed by atoms with Crippen molar-refractivity contribution in [2.24, 2.45) is 0 Å². The van der Waals surface area contributed by atoms with E-state index in [9.17, 15) is 9.59 Å². The summed E-state index contributed by atoms with van der Waals surface area (Å²) < 4.78 is 5.50. The third-order valence-electron chi connectivity index (χ3n) is 5.55. The second-order valence-corrected chi connectivity index (χ2v) is 8.44. The van der Waals surface area contributed by atoms with Crippen molar-refractivity contribution < 1.29 is 14.3 Å². The Morgan fingerprint density at radius 2 is 1.69 bits per heavy atom. The van der Waals surface area contributed by atoms with Gasteiger partial charge in [-0.2, -0.15) is 0 Å². The second kappa shape index (κ2) is 8.34. The van der Waals surface area contributed by atoms with Crippen LogP contribution in [0.1, 0.15) is 41.6 Å². The van der Waals surface area contributed by atoms with E-state index < -0.39 is 5.41 Å². The summed E-state index contributed by atoms with van der Waals surface area (Å²) in [5.41, 5.74) is 1.18. The Morgan fingerprint density at radius 3 is 2.31 bits per heavy atom. The topological polar surface area (TPSA) is 67.4 Å². The Hall–Kier alpha value is -2.08. The van der Waals surface area contributed by atoms with Crippen LogP contribution in [0.25, 0.3) is 0 Å². The molecule has 0 atom stereocenters. The minimum atomic E-state index is -0.790. The van der Waals surface area contributed by atoms with E-state index >= 15 is 0 Å². The van der Waals surface area contributed by atoms with Gasteiger partial charge in [-0.3, -0.25) is 9.59 Å². The lowest BCUT2D eigenvalue weighted by Crippen LogP contribution is -2.45. The van der Waals surface area contributed by atoms with E-state index in [1.165, 1.54) is 0 Å². The van der Waals surface area contributed by atoms with E-state index in [1.807, 2.05) is 6.07 Å². The fourth-order valence-electron chi connectivity index (χ4n) is 3.67. The predicted octanol–water partition coefficient (Wildman–Crippen LogP) is 4.57. The number of halogens is 2. The molecule has 1 aliphatic carbocycles. The number of rotatable bonds is 5. The molecule has 0 unspecified atom stereocenters. The molecule has 2 aliphatic rings. The molecule has 2 fully saturated rings. The van der Waals surface area contributed by atoms with Crippen LogP contribution in [0.5, 0.6) is 0 Å². The highest BCUT2D eigenvalue weighted by Gasteiger charge is 2.43. The molecule has 5 nitrogen and oxygen atoms in total. The number of benzene rings is 2. The number of carbonyl (C=O) groups is 2. The fraction of sp³-hybridized carbons (Fsp3) is 0.364. The van der Waals surface area contributed by atoms with E-state index in [2.05, 4.69) is 10.6 Å². The first kappa shape index (κ1) is 20.2. The van der Waals surface area contributed by atoms with Gasteiger partial charge >= 0.3 is 0 Å². The summed E-state index contributed by atoms with van der Waals surface area (Å²) in [4.78, 5) is 25.5. The number of anilines is 1. The first-order chi connectivity index (χ1) is 14.0. The van der Waals surface area contributed by atoms with Crippen molar-refractivity contribution in [2.45, 2.75) is 37.1 Å². The van der Waals surface area contributed by atoms with Gasteiger partial charge in [0.05, 0.1) is 5.41 Å². The van der Waals surface area contributed by atoms with Gasteiger partial charge in [0.15, 0.2) is 0 Å². The number of hydrogen-bond acceptors (Lipinski definition) is 3. The summed E-state index contributed by atoms with van der Waals surface area (Å²) in [7, 11) is 0. The van der Waals surface area contributed by atoms with Gasteiger partial charge in [0.25, 0.3) is 5.91 Å². The molecule has 7 heteroatoms. The van der Waals surface area contributed by atoms with Crippen LogP contribution < -0.4 is 10.6 Å². The highest BCUT2D eigenvalue weighted by Crippen LogP contribution is 2.40. The normalized spacial score (nSPS) is 18.1. The number of nitrogens with one attached hydrogen (secondary N) is 2. The SMILES string of the molecule is O=C(NC1CC1)c1ccc(NC(=O)C2(c3ccc(Cl)cc3Cl)CCOCC2)cc1. The Balaban J connectivity index is 1.54. The monoisotopic (exact) mass is 432 g/mol. The van der Waals surface area contributed by atoms with Crippen LogP contribution in [0.2, 0.25) is 10.0 Å². The number of ether oxygens (including phenoxy) is 1. The summed E-state index contributed by atoms with van der Waals surface area (Å²) in [6, 6.07) is 12.5. The van der Waals surface area contributed by atoms with Crippen LogP contribution >= 0.6 is 23.2 Å². The van der Waals surface area contributed by atoms with Gasteiger partial charge in [0.1, 0.15) is 0 Å². The lowest BCUT2D eigenvalue weighted by Gasteiger charge is -2.36. The molecule has 0 spiro atoms. The zero-order valence-electron chi connectivity index (χ0n) is 15.8. The van der Waals surface area contributed by atoms with Crippen LogP contribution in [-0.2, 0) is 14.9 Å².